The summed E-state index contributed by atoms with van der Waals surface area (Å²) in [7, 11) is 0. The van der Waals surface area contributed by atoms with Crippen molar-refractivity contribution in [2.24, 2.45) is 5.73 Å². The van der Waals surface area contributed by atoms with Gasteiger partial charge in [-0.3, -0.25) is 4.79 Å². The van der Waals surface area contributed by atoms with E-state index < -0.39 is 41.1 Å². The lowest BCUT2D eigenvalue weighted by Crippen LogP contribution is -2.30. The lowest BCUT2D eigenvalue weighted by Gasteiger charge is -2.08. The molecule has 0 saturated carbocycles. The van der Waals surface area contributed by atoms with Gasteiger partial charge in [0.25, 0.3) is 5.88 Å². The fourth-order valence-corrected chi connectivity index (χ4v) is 2.43. The van der Waals surface area contributed by atoms with Crippen LogP contribution in [0.4, 0.5) is 13.2 Å². The molecule has 3 N–H and O–H groups in total. The van der Waals surface area contributed by atoms with E-state index in [1.807, 2.05) is 0 Å². The number of aromatic nitrogens is 5. The second-order valence-electron chi connectivity index (χ2n) is 5.83. The monoisotopic (exact) mass is 428 g/mol. The molecule has 0 spiro atoms. The molecule has 13 heteroatoms. The Balaban J connectivity index is 1.81. The number of carbonyl (C=O) groups is 1. The van der Waals surface area contributed by atoms with E-state index in [2.05, 4.69) is 20.4 Å². The maximum absolute atomic E-state index is 14.4. The minimum absolute atomic E-state index is 0.00841. The molecule has 0 aliphatic heterocycles. The van der Waals surface area contributed by atoms with E-state index in [9.17, 15) is 18.0 Å². The maximum atomic E-state index is 14.4. The van der Waals surface area contributed by atoms with Crippen LogP contribution in [0.5, 0.6) is 11.6 Å². The third-order valence-electron chi connectivity index (χ3n) is 3.53. The Morgan fingerprint density at radius 1 is 1.24 bits per heavy atom. The van der Waals surface area contributed by atoms with Gasteiger partial charge in [0.1, 0.15) is 5.82 Å². The molecule has 0 fully saturated rings. The number of benzene rings is 1. The Labute approximate surface area is 165 Å². The highest BCUT2D eigenvalue weighted by Crippen LogP contribution is 2.31. The average molecular weight is 429 g/mol. The molecule has 1 unspecified atom stereocenters. The van der Waals surface area contributed by atoms with Gasteiger partial charge in [-0.05, 0) is 17.3 Å². The normalized spacial score (nSPS) is 12.0. The summed E-state index contributed by atoms with van der Waals surface area (Å²) in [5.41, 5.74) is 5.28. The van der Waals surface area contributed by atoms with Crippen molar-refractivity contribution in [2.75, 3.05) is 0 Å². The first-order valence-electron chi connectivity index (χ1n) is 7.96. The van der Waals surface area contributed by atoms with Crippen LogP contribution in [0.25, 0.3) is 11.4 Å². The van der Waals surface area contributed by atoms with E-state index in [1.165, 1.54) is 0 Å². The predicted molar refractivity (Wildman–Crippen MR) is 92.7 cm³/mol. The summed E-state index contributed by atoms with van der Waals surface area (Å²) in [4.78, 5) is 15.2. The molecule has 0 amide bonds. The molecular weight excluding hydrogens is 417 g/mol. The van der Waals surface area contributed by atoms with Crippen LogP contribution in [0.15, 0.2) is 24.4 Å². The van der Waals surface area contributed by atoms with Crippen molar-refractivity contribution in [1.82, 2.24) is 25.2 Å². The van der Waals surface area contributed by atoms with Crippen LogP contribution < -0.4 is 10.5 Å². The van der Waals surface area contributed by atoms with E-state index in [-0.39, 0.29) is 29.4 Å². The Hall–Kier alpha value is -3.25. The highest BCUT2D eigenvalue weighted by Gasteiger charge is 2.19. The topological polar surface area (TPSA) is 129 Å². The first-order chi connectivity index (χ1) is 13.7. The summed E-state index contributed by atoms with van der Waals surface area (Å²) in [6.07, 6.45) is 0.751. The molecule has 29 heavy (non-hydrogen) atoms. The van der Waals surface area contributed by atoms with Crippen LogP contribution >= 0.6 is 11.6 Å². The number of pyridine rings is 1. The van der Waals surface area contributed by atoms with Gasteiger partial charge in [-0.25, -0.2) is 18.2 Å². The van der Waals surface area contributed by atoms with Crippen molar-refractivity contribution in [3.8, 4) is 23.0 Å². The number of hydrogen-bond acceptors (Lipinski definition) is 7. The van der Waals surface area contributed by atoms with Crippen LogP contribution in [0.2, 0.25) is 5.02 Å². The molecule has 0 bridgehead atoms. The van der Waals surface area contributed by atoms with E-state index in [0.717, 1.165) is 23.1 Å². The number of nitrogens with two attached hydrogens (primary N) is 1. The van der Waals surface area contributed by atoms with Crippen LogP contribution in [0, 0.1) is 17.5 Å². The van der Waals surface area contributed by atoms with Gasteiger partial charge in [-0.15, -0.1) is 10.2 Å². The van der Waals surface area contributed by atoms with Gasteiger partial charge in [0.05, 0.1) is 23.6 Å². The SMILES string of the molecule is NC(CC(=O)O)Cn1nnc(-c2cc(F)c(Oc3ncc(Cl)cc3F)cc2F)n1. The number of aliphatic carboxylic acids is 1. The van der Waals surface area contributed by atoms with Gasteiger partial charge >= 0.3 is 5.97 Å². The number of rotatable bonds is 7. The molecule has 152 valence electrons. The molecule has 1 atom stereocenters. The zero-order valence-electron chi connectivity index (χ0n) is 14.4. The van der Waals surface area contributed by atoms with Crippen molar-refractivity contribution in [3.63, 3.8) is 0 Å². The molecule has 3 aromatic rings. The largest absolute Gasteiger partial charge is 0.481 e. The highest BCUT2D eigenvalue weighted by molar-refractivity contribution is 6.30. The van der Waals surface area contributed by atoms with Crippen molar-refractivity contribution in [1.29, 1.82) is 0 Å². The van der Waals surface area contributed by atoms with Crippen molar-refractivity contribution < 1.29 is 27.8 Å². The van der Waals surface area contributed by atoms with Gasteiger partial charge in [0, 0.05) is 18.3 Å². The Kier molecular flexibility index (Phi) is 5.94. The Bertz CT molecular complexity index is 1060. The van der Waals surface area contributed by atoms with Crippen molar-refractivity contribution >= 4 is 17.6 Å². The Morgan fingerprint density at radius 3 is 2.69 bits per heavy atom. The Morgan fingerprint density at radius 2 is 2.00 bits per heavy atom. The first kappa shape index (κ1) is 20.5. The van der Waals surface area contributed by atoms with Crippen LogP contribution in [0.3, 0.4) is 0 Å². The fraction of sp³-hybridized carbons (Fsp3) is 0.188. The second kappa shape index (κ2) is 8.41. The number of carboxylic acids is 1. The smallest absolute Gasteiger partial charge is 0.304 e. The van der Waals surface area contributed by atoms with Gasteiger partial charge in [0.2, 0.25) is 5.82 Å². The maximum Gasteiger partial charge on any atom is 0.304 e. The highest BCUT2D eigenvalue weighted by atomic mass is 35.5. The van der Waals surface area contributed by atoms with Crippen molar-refractivity contribution in [2.45, 2.75) is 19.0 Å². The van der Waals surface area contributed by atoms with E-state index in [1.54, 1.807) is 0 Å². The van der Waals surface area contributed by atoms with Crippen molar-refractivity contribution in [3.05, 3.63) is 46.9 Å². The minimum atomic E-state index is -1.10. The van der Waals surface area contributed by atoms with Crippen LogP contribution in [-0.2, 0) is 11.3 Å². The molecule has 0 saturated heterocycles. The summed E-state index contributed by atoms with van der Waals surface area (Å²) in [6, 6.07) is 1.53. The summed E-state index contributed by atoms with van der Waals surface area (Å²) in [5, 5.41) is 19.8. The standard InChI is InChI=1S/C16H12ClF3N6O3/c17-7-1-12(20)16(22-5-7)29-13-4-10(18)9(3-11(13)19)15-23-25-26(24-15)6-8(21)2-14(27)28/h1,3-5,8H,2,6,21H2,(H,27,28). The molecule has 0 radical (unpaired) electrons. The number of hydrogen-bond donors (Lipinski definition) is 2. The summed E-state index contributed by atoms with van der Waals surface area (Å²) in [6.45, 7) is -0.0912. The molecular formula is C16H12ClF3N6O3. The number of ether oxygens (including phenoxy) is 1. The van der Waals surface area contributed by atoms with E-state index >= 15 is 0 Å². The zero-order chi connectivity index (χ0) is 21.1. The van der Waals surface area contributed by atoms with E-state index in [0.29, 0.717) is 6.07 Å². The van der Waals surface area contributed by atoms with Gasteiger partial charge < -0.3 is 15.6 Å². The quantitative estimate of drug-likeness (QED) is 0.587. The lowest BCUT2D eigenvalue weighted by molar-refractivity contribution is -0.137. The number of nitrogens with zero attached hydrogens (tertiary/aromatic N) is 5. The van der Waals surface area contributed by atoms with Gasteiger partial charge in [-0.1, -0.05) is 11.6 Å². The van der Waals surface area contributed by atoms with Gasteiger partial charge in [0.15, 0.2) is 17.4 Å². The molecule has 2 aromatic heterocycles. The van der Waals surface area contributed by atoms with Crippen LogP contribution in [-0.4, -0.2) is 42.3 Å². The minimum Gasteiger partial charge on any atom is -0.481 e. The zero-order valence-corrected chi connectivity index (χ0v) is 15.1. The summed E-state index contributed by atoms with van der Waals surface area (Å²) >= 11 is 5.57. The molecule has 1 aromatic carbocycles. The molecule has 2 heterocycles. The molecule has 9 nitrogen and oxygen atoms in total. The predicted octanol–water partition coefficient (Wildman–Crippen LogP) is 2.40. The van der Waals surface area contributed by atoms with E-state index in [4.69, 9.17) is 27.2 Å². The number of halogens is 4. The van der Waals surface area contributed by atoms with Crippen LogP contribution in [0.1, 0.15) is 6.42 Å². The first-order valence-corrected chi connectivity index (χ1v) is 8.34. The third kappa shape index (κ3) is 4.97. The van der Waals surface area contributed by atoms with Gasteiger partial charge in [-0.2, -0.15) is 4.80 Å². The molecule has 0 aliphatic rings. The second-order valence-corrected chi connectivity index (χ2v) is 6.27. The molecule has 0 aliphatic carbocycles. The number of tetrazole rings is 1. The molecule has 3 rings (SSSR count). The fourth-order valence-electron chi connectivity index (χ4n) is 2.29. The summed E-state index contributed by atoms with van der Waals surface area (Å²) < 4.78 is 47.5. The number of carboxylic acid groups (broad SMARTS) is 1. The lowest BCUT2D eigenvalue weighted by atomic mass is 10.2. The summed E-state index contributed by atoms with van der Waals surface area (Å²) in [5.74, 6) is -5.52. The third-order valence-corrected chi connectivity index (χ3v) is 3.74. The average Bonchev–Trinajstić information content (AvgIpc) is 3.07.